The molecule has 15 heavy (non-hydrogen) atoms. The fraction of sp³-hybridized carbons (Fsp3) is 0.700. The third-order valence-electron chi connectivity index (χ3n) is 2.58. The predicted molar refractivity (Wildman–Crippen MR) is 59.5 cm³/mol. The molecular formula is C10H14N4S. The van der Waals surface area contributed by atoms with Gasteiger partial charge < -0.3 is 0 Å². The third-order valence-corrected chi connectivity index (χ3v) is 3.40. The van der Waals surface area contributed by atoms with Gasteiger partial charge in [-0.1, -0.05) is 30.5 Å². The molecule has 1 aliphatic carbocycles. The fourth-order valence-electron chi connectivity index (χ4n) is 1.83. The van der Waals surface area contributed by atoms with Crippen LogP contribution in [0.2, 0.25) is 0 Å². The Morgan fingerprint density at radius 2 is 2.27 bits per heavy atom. The summed E-state index contributed by atoms with van der Waals surface area (Å²) in [5, 5.41) is 12.7. The van der Waals surface area contributed by atoms with Crippen LogP contribution in [-0.2, 0) is 0 Å². The lowest BCUT2D eigenvalue weighted by atomic mass is 10.3. The van der Waals surface area contributed by atoms with Crippen LogP contribution in [0.5, 0.6) is 0 Å². The quantitative estimate of drug-likeness (QED) is 0.579. The first kappa shape index (κ1) is 10.5. The second-order valence-corrected chi connectivity index (χ2v) is 4.50. The summed E-state index contributed by atoms with van der Waals surface area (Å²) < 4.78 is 1.97. The van der Waals surface area contributed by atoms with E-state index in [0.29, 0.717) is 6.04 Å². The maximum atomic E-state index is 4.06. The Kier molecular flexibility index (Phi) is 3.62. The average molecular weight is 222 g/mol. The van der Waals surface area contributed by atoms with Gasteiger partial charge >= 0.3 is 0 Å². The summed E-state index contributed by atoms with van der Waals surface area (Å²) in [6.07, 6.45) is 5.00. The molecule has 0 spiro atoms. The summed E-state index contributed by atoms with van der Waals surface area (Å²) >= 11 is 1.62. The van der Waals surface area contributed by atoms with Gasteiger partial charge in [-0.2, -0.15) is 0 Å². The molecule has 80 valence electrons. The lowest BCUT2D eigenvalue weighted by Gasteiger charge is -2.09. The van der Waals surface area contributed by atoms with E-state index in [1.54, 1.807) is 11.8 Å². The Bertz CT molecular complexity index is 370. The highest BCUT2D eigenvalue weighted by atomic mass is 32.2. The molecule has 5 heteroatoms. The van der Waals surface area contributed by atoms with Crippen molar-refractivity contribution in [2.75, 3.05) is 5.75 Å². The van der Waals surface area contributed by atoms with E-state index in [0.717, 1.165) is 10.9 Å². The minimum Gasteiger partial charge on any atom is -0.217 e. The summed E-state index contributed by atoms with van der Waals surface area (Å²) in [4.78, 5) is 0. The van der Waals surface area contributed by atoms with E-state index in [9.17, 15) is 0 Å². The zero-order chi connectivity index (χ0) is 10.5. The van der Waals surface area contributed by atoms with Gasteiger partial charge in [-0.15, -0.1) is 11.0 Å². The van der Waals surface area contributed by atoms with Gasteiger partial charge in [0.25, 0.3) is 0 Å². The molecule has 0 atom stereocenters. The molecule has 1 aromatic heterocycles. The molecule has 1 fully saturated rings. The summed E-state index contributed by atoms with van der Waals surface area (Å²) in [6, 6.07) is 0.511. The van der Waals surface area contributed by atoms with Gasteiger partial charge in [0, 0.05) is 0 Å². The molecule has 1 aromatic rings. The van der Waals surface area contributed by atoms with Crippen molar-refractivity contribution in [3.8, 4) is 11.8 Å². The zero-order valence-electron chi connectivity index (χ0n) is 8.81. The fourth-order valence-corrected chi connectivity index (χ4v) is 2.59. The lowest BCUT2D eigenvalue weighted by Crippen LogP contribution is -2.08. The number of nitrogens with zero attached hydrogens (tertiary/aromatic N) is 4. The van der Waals surface area contributed by atoms with Crippen LogP contribution in [-0.4, -0.2) is 26.0 Å². The molecule has 0 unspecified atom stereocenters. The number of hydrogen-bond donors (Lipinski definition) is 0. The van der Waals surface area contributed by atoms with E-state index in [4.69, 9.17) is 0 Å². The average Bonchev–Trinajstić information content (AvgIpc) is 2.87. The number of aromatic nitrogens is 4. The Balaban J connectivity index is 2.02. The van der Waals surface area contributed by atoms with Crippen LogP contribution in [0.15, 0.2) is 5.16 Å². The molecule has 0 aliphatic heterocycles. The van der Waals surface area contributed by atoms with Crippen LogP contribution in [0.1, 0.15) is 38.6 Å². The van der Waals surface area contributed by atoms with E-state index < -0.39 is 0 Å². The normalized spacial score (nSPS) is 16.3. The van der Waals surface area contributed by atoms with Gasteiger partial charge in [0.15, 0.2) is 0 Å². The van der Waals surface area contributed by atoms with Crippen molar-refractivity contribution in [1.29, 1.82) is 0 Å². The van der Waals surface area contributed by atoms with Crippen molar-refractivity contribution in [1.82, 2.24) is 20.2 Å². The summed E-state index contributed by atoms with van der Waals surface area (Å²) in [7, 11) is 0. The maximum Gasteiger partial charge on any atom is 0.210 e. The van der Waals surface area contributed by atoms with Crippen LogP contribution in [0.4, 0.5) is 0 Å². The highest BCUT2D eigenvalue weighted by Gasteiger charge is 2.21. The Hall–Kier alpha value is -1.02. The van der Waals surface area contributed by atoms with E-state index in [1.807, 2.05) is 11.6 Å². The minimum absolute atomic E-state index is 0.511. The van der Waals surface area contributed by atoms with Gasteiger partial charge in [0.2, 0.25) is 5.16 Å². The largest absolute Gasteiger partial charge is 0.217 e. The Labute approximate surface area is 93.8 Å². The van der Waals surface area contributed by atoms with Gasteiger partial charge in [-0.05, 0) is 30.2 Å². The summed E-state index contributed by atoms with van der Waals surface area (Å²) in [5.41, 5.74) is 0. The van der Waals surface area contributed by atoms with Crippen LogP contribution >= 0.6 is 11.8 Å². The van der Waals surface area contributed by atoms with Crippen molar-refractivity contribution >= 4 is 11.8 Å². The molecule has 4 nitrogen and oxygen atoms in total. The van der Waals surface area contributed by atoms with Gasteiger partial charge in [0.05, 0.1) is 11.8 Å². The van der Waals surface area contributed by atoms with Crippen LogP contribution < -0.4 is 0 Å². The monoisotopic (exact) mass is 222 g/mol. The van der Waals surface area contributed by atoms with Gasteiger partial charge in [-0.25, -0.2) is 4.68 Å². The molecule has 0 aromatic carbocycles. The van der Waals surface area contributed by atoms with Crippen molar-refractivity contribution in [2.45, 2.75) is 43.8 Å². The highest BCUT2D eigenvalue weighted by Crippen LogP contribution is 2.31. The van der Waals surface area contributed by atoms with Crippen molar-refractivity contribution < 1.29 is 0 Å². The van der Waals surface area contributed by atoms with E-state index in [1.165, 1.54) is 25.7 Å². The second-order valence-electron chi connectivity index (χ2n) is 3.56. The topological polar surface area (TPSA) is 43.6 Å². The molecule has 0 bridgehead atoms. The first-order chi connectivity index (χ1) is 7.42. The van der Waals surface area contributed by atoms with E-state index in [-0.39, 0.29) is 0 Å². The minimum atomic E-state index is 0.511. The number of thioether (sulfide) groups is 1. The van der Waals surface area contributed by atoms with Crippen LogP contribution in [0, 0.1) is 11.8 Å². The van der Waals surface area contributed by atoms with Gasteiger partial charge in [0.1, 0.15) is 0 Å². The number of rotatable bonds is 3. The van der Waals surface area contributed by atoms with Gasteiger partial charge in [-0.3, -0.25) is 0 Å². The molecule has 0 N–H and O–H groups in total. The van der Waals surface area contributed by atoms with E-state index >= 15 is 0 Å². The first-order valence-corrected chi connectivity index (χ1v) is 6.20. The molecule has 1 aliphatic rings. The van der Waals surface area contributed by atoms with Crippen molar-refractivity contribution in [3.05, 3.63) is 0 Å². The maximum absolute atomic E-state index is 4.06. The molecule has 0 saturated heterocycles. The second kappa shape index (κ2) is 5.17. The molecule has 0 radical (unpaired) electrons. The number of hydrogen-bond acceptors (Lipinski definition) is 4. The molecule has 2 rings (SSSR count). The summed E-state index contributed by atoms with van der Waals surface area (Å²) in [5.74, 6) is 6.65. The van der Waals surface area contributed by atoms with Crippen LogP contribution in [0.3, 0.4) is 0 Å². The SMILES string of the molecule is CC#CCSc1nnnn1C1CCCC1. The smallest absolute Gasteiger partial charge is 0.210 e. The summed E-state index contributed by atoms with van der Waals surface area (Å²) in [6.45, 7) is 1.85. The lowest BCUT2D eigenvalue weighted by molar-refractivity contribution is 0.423. The molecule has 1 heterocycles. The first-order valence-electron chi connectivity index (χ1n) is 5.22. The van der Waals surface area contributed by atoms with Crippen molar-refractivity contribution in [2.24, 2.45) is 0 Å². The number of tetrazole rings is 1. The molecule has 0 amide bonds. The predicted octanol–water partition coefficient (Wildman–Crippen LogP) is 1.90. The Morgan fingerprint density at radius 1 is 1.47 bits per heavy atom. The Morgan fingerprint density at radius 3 is 3.00 bits per heavy atom. The van der Waals surface area contributed by atoms with E-state index in [2.05, 4.69) is 27.4 Å². The van der Waals surface area contributed by atoms with Crippen molar-refractivity contribution in [3.63, 3.8) is 0 Å². The third kappa shape index (κ3) is 2.51. The zero-order valence-corrected chi connectivity index (χ0v) is 9.63. The molecule has 1 saturated carbocycles. The van der Waals surface area contributed by atoms with Crippen LogP contribution in [0.25, 0.3) is 0 Å². The molecular weight excluding hydrogens is 208 g/mol. The highest BCUT2D eigenvalue weighted by molar-refractivity contribution is 7.99. The standard InChI is InChI=1S/C10H14N4S/c1-2-3-8-15-10-11-12-13-14(10)9-6-4-5-7-9/h9H,4-8H2,1H3.